The minimum absolute atomic E-state index is 0.0322. The monoisotopic (exact) mass is 324 g/mol. The number of carbonyl (C=O) groups excluding carboxylic acids is 3. The first-order valence-corrected chi connectivity index (χ1v) is 7.63. The van der Waals surface area contributed by atoms with Crippen molar-refractivity contribution in [3.05, 3.63) is 59.7 Å². The van der Waals surface area contributed by atoms with Gasteiger partial charge in [0.05, 0.1) is 0 Å². The number of benzene rings is 2. The first-order chi connectivity index (χ1) is 11.4. The van der Waals surface area contributed by atoms with Crippen LogP contribution in [0.4, 0.5) is 11.4 Å². The van der Waals surface area contributed by atoms with E-state index < -0.39 is 0 Å². The number of nitrogens with one attached hydrogen (secondary N) is 1. The number of ketones is 1. The first-order valence-electron chi connectivity index (χ1n) is 7.63. The molecule has 0 fully saturated rings. The van der Waals surface area contributed by atoms with Crippen LogP contribution in [0.1, 0.15) is 29.8 Å². The Hall–Kier alpha value is -2.95. The number of anilines is 2. The molecule has 0 aliphatic carbocycles. The molecule has 0 heterocycles. The van der Waals surface area contributed by atoms with Crippen molar-refractivity contribution >= 4 is 29.0 Å². The Labute approximate surface area is 141 Å². The molecular weight excluding hydrogens is 304 g/mol. The number of amides is 2. The number of Topliss-reactive ketones (excluding diaryl/α,β-unsaturated/α-hetero) is 1. The lowest BCUT2D eigenvalue weighted by molar-refractivity contribution is -0.120. The molecule has 2 amide bonds. The molecule has 0 aliphatic heterocycles. The van der Waals surface area contributed by atoms with E-state index in [-0.39, 0.29) is 24.1 Å². The summed E-state index contributed by atoms with van der Waals surface area (Å²) in [6, 6.07) is 14.1. The van der Waals surface area contributed by atoms with Gasteiger partial charge in [0, 0.05) is 23.9 Å². The smallest absolute Gasteiger partial charge is 0.244 e. The molecule has 124 valence electrons. The Balaban J connectivity index is 2.10. The molecule has 0 radical (unpaired) electrons. The molecule has 5 heteroatoms. The topological polar surface area (TPSA) is 66.5 Å². The quantitative estimate of drug-likeness (QED) is 0.859. The summed E-state index contributed by atoms with van der Waals surface area (Å²) in [5.41, 5.74) is 2.80. The van der Waals surface area contributed by atoms with Crippen LogP contribution in [0.25, 0.3) is 0 Å². The lowest BCUT2D eigenvalue weighted by atomic mass is 10.1. The number of aryl methyl sites for hydroxylation is 1. The van der Waals surface area contributed by atoms with Gasteiger partial charge in [0.15, 0.2) is 5.78 Å². The van der Waals surface area contributed by atoms with Crippen LogP contribution in [0, 0.1) is 6.92 Å². The Bertz CT molecular complexity index is 766. The zero-order valence-corrected chi connectivity index (χ0v) is 14.0. The Kier molecular flexibility index (Phi) is 5.47. The van der Waals surface area contributed by atoms with Gasteiger partial charge in [-0.1, -0.05) is 18.2 Å². The van der Waals surface area contributed by atoms with E-state index in [1.807, 2.05) is 31.2 Å². The number of hydrogen-bond acceptors (Lipinski definition) is 3. The van der Waals surface area contributed by atoms with Crippen LogP contribution >= 0.6 is 0 Å². The lowest BCUT2D eigenvalue weighted by Crippen LogP contribution is -2.37. The Morgan fingerprint density at radius 3 is 2.12 bits per heavy atom. The van der Waals surface area contributed by atoms with Crippen LogP contribution in [0.3, 0.4) is 0 Å². The highest BCUT2D eigenvalue weighted by atomic mass is 16.2. The maximum atomic E-state index is 12.3. The van der Waals surface area contributed by atoms with E-state index in [0.29, 0.717) is 16.9 Å². The van der Waals surface area contributed by atoms with Gasteiger partial charge in [0.2, 0.25) is 11.8 Å². The summed E-state index contributed by atoms with van der Waals surface area (Å²) in [6.07, 6.45) is 0. The van der Waals surface area contributed by atoms with Crippen molar-refractivity contribution in [2.24, 2.45) is 0 Å². The Morgan fingerprint density at radius 2 is 1.58 bits per heavy atom. The standard InChI is InChI=1S/C19H20N2O3/c1-13-6-4-5-7-18(13)21(15(3)23)12-19(24)20-17-10-8-16(9-11-17)14(2)22/h4-11H,12H2,1-3H3,(H,20,24). The molecule has 0 saturated carbocycles. The average Bonchev–Trinajstić information content (AvgIpc) is 2.53. The minimum atomic E-state index is -0.302. The zero-order valence-electron chi connectivity index (χ0n) is 14.0. The molecule has 1 N–H and O–H groups in total. The number of para-hydroxylation sites is 1. The van der Waals surface area contributed by atoms with Gasteiger partial charge in [-0.25, -0.2) is 0 Å². The number of carbonyl (C=O) groups is 3. The molecule has 0 bridgehead atoms. The molecule has 0 spiro atoms. The molecule has 2 rings (SSSR count). The van der Waals surface area contributed by atoms with Gasteiger partial charge in [-0.05, 0) is 49.7 Å². The first kappa shape index (κ1) is 17.4. The molecule has 0 atom stereocenters. The zero-order chi connectivity index (χ0) is 17.7. The third-order valence-electron chi connectivity index (χ3n) is 3.66. The van der Waals surface area contributed by atoms with Crippen molar-refractivity contribution in [1.82, 2.24) is 0 Å². The maximum absolute atomic E-state index is 12.3. The highest BCUT2D eigenvalue weighted by Crippen LogP contribution is 2.19. The second-order valence-corrected chi connectivity index (χ2v) is 5.57. The fraction of sp³-hybridized carbons (Fsp3) is 0.211. The van der Waals surface area contributed by atoms with E-state index in [1.165, 1.54) is 18.7 Å². The van der Waals surface area contributed by atoms with Gasteiger partial charge in [0.1, 0.15) is 6.54 Å². The van der Waals surface area contributed by atoms with Gasteiger partial charge < -0.3 is 10.2 Å². The second kappa shape index (κ2) is 7.55. The van der Waals surface area contributed by atoms with Crippen molar-refractivity contribution in [2.75, 3.05) is 16.8 Å². The summed E-state index contributed by atoms with van der Waals surface area (Å²) in [5, 5.41) is 2.74. The summed E-state index contributed by atoms with van der Waals surface area (Å²) in [7, 11) is 0. The molecule has 2 aromatic carbocycles. The van der Waals surface area contributed by atoms with Gasteiger partial charge in [-0.15, -0.1) is 0 Å². The lowest BCUT2D eigenvalue weighted by Gasteiger charge is -2.22. The summed E-state index contributed by atoms with van der Waals surface area (Å²) in [6.45, 7) is 4.74. The SMILES string of the molecule is CC(=O)c1ccc(NC(=O)CN(C(C)=O)c2ccccc2C)cc1. The number of rotatable bonds is 5. The average molecular weight is 324 g/mol. The van der Waals surface area contributed by atoms with Crippen LogP contribution < -0.4 is 10.2 Å². The molecule has 0 aliphatic rings. The molecular formula is C19H20N2O3. The molecule has 5 nitrogen and oxygen atoms in total. The second-order valence-electron chi connectivity index (χ2n) is 5.57. The van der Waals surface area contributed by atoms with E-state index in [9.17, 15) is 14.4 Å². The number of nitrogens with zero attached hydrogens (tertiary/aromatic N) is 1. The van der Waals surface area contributed by atoms with Crippen molar-refractivity contribution in [3.63, 3.8) is 0 Å². The van der Waals surface area contributed by atoms with Crippen LogP contribution in [-0.2, 0) is 9.59 Å². The van der Waals surface area contributed by atoms with Gasteiger partial charge in [-0.3, -0.25) is 14.4 Å². The van der Waals surface area contributed by atoms with Crippen LogP contribution in [-0.4, -0.2) is 24.1 Å². The van der Waals surface area contributed by atoms with E-state index in [2.05, 4.69) is 5.32 Å². The fourth-order valence-corrected chi connectivity index (χ4v) is 2.36. The van der Waals surface area contributed by atoms with Gasteiger partial charge in [0.25, 0.3) is 0 Å². The summed E-state index contributed by atoms with van der Waals surface area (Å²) < 4.78 is 0. The van der Waals surface area contributed by atoms with Crippen LogP contribution in [0.15, 0.2) is 48.5 Å². The normalized spacial score (nSPS) is 10.1. The van der Waals surface area contributed by atoms with Crippen molar-refractivity contribution in [2.45, 2.75) is 20.8 Å². The number of hydrogen-bond donors (Lipinski definition) is 1. The molecule has 0 saturated heterocycles. The summed E-state index contributed by atoms with van der Waals surface area (Å²) in [4.78, 5) is 36.9. The highest BCUT2D eigenvalue weighted by Gasteiger charge is 2.17. The minimum Gasteiger partial charge on any atom is -0.325 e. The van der Waals surface area contributed by atoms with E-state index >= 15 is 0 Å². The van der Waals surface area contributed by atoms with E-state index in [0.717, 1.165) is 5.56 Å². The highest BCUT2D eigenvalue weighted by molar-refractivity contribution is 6.02. The summed E-state index contributed by atoms with van der Waals surface area (Å²) >= 11 is 0. The predicted molar refractivity (Wildman–Crippen MR) is 94.3 cm³/mol. The Morgan fingerprint density at radius 1 is 0.958 bits per heavy atom. The van der Waals surface area contributed by atoms with Crippen molar-refractivity contribution < 1.29 is 14.4 Å². The summed E-state index contributed by atoms with van der Waals surface area (Å²) in [5.74, 6) is -0.536. The van der Waals surface area contributed by atoms with Crippen LogP contribution in [0.2, 0.25) is 0 Å². The van der Waals surface area contributed by atoms with E-state index in [1.54, 1.807) is 24.3 Å². The predicted octanol–water partition coefficient (Wildman–Crippen LogP) is 3.19. The van der Waals surface area contributed by atoms with Gasteiger partial charge in [-0.2, -0.15) is 0 Å². The third-order valence-corrected chi connectivity index (χ3v) is 3.66. The fourth-order valence-electron chi connectivity index (χ4n) is 2.36. The largest absolute Gasteiger partial charge is 0.325 e. The molecule has 2 aromatic rings. The third kappa shape index (κ3) is 4.29. The molecule has 0 aromatic heterocycles. The van der Waals surface area contributed by atoms with Crippen LogP contribution in [0.5, 0.6) is 0 Å². The molecule has 24 heavy (non-hydrogen) atoms. The van der Waals surface area contributed by atoms with Crippen molar-refractivity contribution in [1.29, 1.82) is 0 Å². The van der Waals surface area contributed by atoms with E-state index in [4.69, 9.17) is 0 Å². The maximum Gasteiger partial charge on any atom is 0.244 e. The van der Waals surface area contributed by atoms with Gasteiger partial charge >= 0.3 is 0 Å². The molecule has 0 unspecified atom stereocenters. The van der Waals surface area contributed by atoms with Crippen molar-refractivity contribution in [3.8, 4) is 0 Å².